The number of hydrogen-bond donors (Lipinski definition) is 0. The Labute approximate surface area is 158 Å². The number of rotatable bonds is 5. The molecule has 0 radical (unpaired) electrons. The summed E-state index contributed by atoms with van der Waals surface area (Å²) in [7, 11) is -0.631. The van der Waals surface area contributed by atoms with Crippen molar-refractivity contribution in [2.45, 2.75) is 24.3 Å². The van der Waals surface area contributed by atoms with Crippen molar-refractivity contribution in [3.8, 4) is 11.1 Å². The number of amides is 1. The molecule has 3 rings (SSSR count). The summed E-state index contributed by atoms with van der Waals surface area (Å²) in [6.45, 7) is 2.32. The first-order valence-electron chi connectivity index (χ1n) is 8.54. The maximum atomic E-state index is 14.7. The van der Waals surface area contributed by atoms with Crippen molar-refractivity contribution in [2.24, 2.45) is 0 Å². The third kappa shape index (κ3) is 3.68. The van der Waals surface area contributed by atoms with E-state index in [1.165, 1.54) is 37.2 Å². The van der Waals surface area contributed by atoms with Gasteiger partial charge < -0.3 is 4.74 Å². The van der Waals surface area contributed by atoms with Gasteiger partial charge in [0.25, 0.3) is 0 Å². The minimum absolute atomic E-state index is 0.138. The lowest BCUT2D eigenvalue weighted by atomic mass is 10.0. The van der Waals surface area contributed by atoms with Crippen LogP contribution in [0.5, 0.6) is 0 Å². The zero-order chi connectivity index (χ0) is 19.8. The Morgan fingerprint density at radius 2 is 1.85 bits per heavy atom. The van der Waals surface area contributed by atoms with Gasteiger partial charge >= 0.3 is 6.09 Å². The molecule has 2 aromatic rings. The van der Waals surface area contributed by atoms with E-state index in [0.29, 0.717) is 29.8 Å². The van der Waals surface area contributed by atoms with Gasteiger partial charge in [-0.3, -0.25) is 4.90 Å². The third-order valence-corrected chi connectivity index (χ3v) is 6.37. The van der Waals surface area contributed by atoms with E-state index >= 15 is 0 Å². The maximum Gasteiger partial charge on any atom is 0.414 e. The van der Waals surface area contributed by atoms with Gasteiger partial charge in [0.05, 0.1) is 17.1 Å². The second kappa shape index (κ2) is 7.28. The number of halogens is 1. The fourth-order valence-electron chi connectivity index (χ4n) is 2.87. The molecule has 27 heavy (non-hydrogen) atoms. The average molecular weight is 392 g/mol. The summed E-state index contributed by atoms with van der Waals surface area (Å²) in [4.78, 5) is 13.5. The van der Waals surface area contributed by atoms with E-state index in [9.17, 15) is 17.6 Å². The number of carbonyl (C=O) groups is 1. The van der Waals surface area contributed by atoms with Crippen LogP contribution in [0.2, 0.25) is 0 Å². The first kappa shape index (κ1) is 19.3. The summed E-state index contributed by atoms with van der Waals surface area (Å²) in [5, 5.41) is 0. The van der Waals surface area contributed by atoms with Gasteiger partial charge in [-0.15, -0.1) is 0 Å². The van der Waals surface area contributed by atoms with Crippen molar-refractivity contribution in [1.82, 2.24) is 4.31 Å². The fraction of sp³-hybridized carbons (Fsp3) is 0.316. The predicted molar refractivity (Wildman–Crippen MR) is 101 cm³/mol. The molecule has 1 amide bonds. The zero-order valence-electron chi connectivity index (χ0n) is 15.3. The normalized spacial score (nSPS) is 17.4. The first-order chi connectivity index (χ1) is 12.7. The number of cyclic esters (lactones) is 1. The van der Waals surface area contributed by atoms with Crippen molar-refractivity contribution < 1.29 is 22.3 Å². The summed E-state index contributed by atoms with van der Waals surface area (Å²) < 4.78 is 45.2. The van der Waals surface area contributed by atoms with Crippen molar-refractivity contribution in [3.63, 3.8) is 0 Å². The summed E-state index contributed by atoms with van der Waals surface area (Å²) in [6.07, 6.45) is 0.0315. The first-order valence-corrected chi connectivity index (χ1v) is 9.98. The van der Waals surface area contributed by atoms with Crippen LogP contribution in [0.4, 0.5) is 14.9 Å². The van der Waals surface area contributed by atoms with Gasteiger partial charge in [0, 0.05) is 19.7 Å². The molecule has 0 bridgehead atoms. The highest BCUT2D eigenvalue weighted by molar-refractivity contribution is 7.89. The van der Waals surface area contributed by atoms with Gasteiger partial charge in [-0.1, -0.05) is 19.1 Å². The van der Waals surface area contributed by atoms with Gasteiger partial charge in [0.1, 0.15) is 11.9 Å². The molecule has 0 spiro atoms. The van der Waals surface area contributed by atoms with Crippen LogP contribution < -0.4 is 4.90 Å². The van der Waals surface area contributed by atoms with Crippen molar-refractivity contribution in [1.29, 1.82) is 0 Å². The molecule has 1 fully saturated rings. The minimum Gasteiger partial charge on any atom is -0.444 e. The molecule has 0 saturated carbocycles. The lowest BCUT2D eigenvalue weighted by molar-refractivity contribution is 0.139. The van der Waals surface area contributed by atoms with Gasteiger partial charge in [-0.25, -0.2) is 21.9 Å². The van der Waals surface area contributed by atoms with E-state index in [2.05, 4.69) is 0 Å². The average Bonchev–Trinajstić information content (AvgIpc) is 3.02. The molecule has 1 aliphatic rings. The van der Waals surface area contributed by atoms with Gasteiger partial charge in [0.15, 0.2) is 0 Å². The van der Waals surface area contributed by atoms with Crippen LogP contribution in [0.1, 0.15) is 13.3 Å². The fourth-order valence-corrected chi connectivity index (χ4v) is 3.77. The lowest BCUT2D eigenvalue weighted by Gasteiger charge is -2.15. The van der Waals surface area contributed by atoms with E-state index in [-0.39, 0.29) is 11.0 Å². The number of carbonyl (C=O) groups excluding carboxylic acids is 1. The third-order valence-electron chi connectivity index (χ3n) is 4.54. The van der Waals surface area contributed by atoms with E-state index < -0.39 is 21.9 Å². The second-order valence-corrected chi connectivity index (χ2v) is 8.65. The van der Waals surface area contributed by atoms with E-state index in [0.717, 1.165) is 4.31 Å². The monoisotopic (exact) mass is 392 g/mol. The molecule has 1 saturated heterocycles. The number of benzene rings is 2. The topological polar surface area (TPSA) is 66.9 Å². The van der Waals surface area contributed by atoms with Crippen molar-refractivity contribution in [2.75, 3.05) is 25.5 Å². The largest absolute Gasteiger partial charge is 0.444 e. The number of nitrogens with zero attached hydrogens (tertiary/aromatic N) is 2. The molecule has 8 heteroatoms. The highest BCUT2D eigenvalue weighted by atomic mass is 32.2. The Morgan fingerprint density at radius 1 is 1.19 bits per heavy atom. The molecular weight excluding hydrogens is 371 g/mol. The van der Waals surface area contributed by atoms with Crippen LogP contribution in [-0.4, -0.2) is 45.6 Å². The summed E-state index contributed by atoms with van der Waals surface area (Å²) in [6, 6.07) is 10.5. The molecule has 144 valence electrons. The van der Waals surface area contributed by atoms with Gasteiger partial charge in [-0.2, -0.15) is 0 Å². The Bertz CT molecular complexity index is 958. The van der Waals surface area contributed by atoms with Crippen LogP contribution in [0.25, 0.3) is 11.1 Å². The lowest BCUT2D eigenvalue weighted by Crippen LogP contribution is -2.24. The molecule has 0 N–H and O–H groups in total. The summed E-state index contributed by atoms with van der Waals surface area (Å²) in [5.41, 5.74) is 1.31. The molecule has 1 unspecified atom stereocenters. The maximum absolute atomic E-state index is 14.7. The van der Waals surface area contributed by atoms with E-state index in [1.807, 2.05) is 6.92 Å². The number of sulfonamides is 1. The quantitative estimate of drug-likeness (QED) is 0.781. The predicted octanol–water partition coefficient (Wildman–Crippen LogP) is 3.48. The molecular formula is C19H21FN2O4S. The molecule has 1 atom stereocenters. The Balaban J connectivity index is 1.87. The number of hydrogen-bond acceptors (Lipinski definition) is 4. The zero-order valence-corrected chi connectivity index (χ0v) is 16.2. The standard InChI is InChI=1S/C19H21FN2O4S/c1-4-15-12-22(19(23)26-15)14-7-10-17(18(20)11-14)13-5-8-16(9-6-13)27(24,25)21(2)3/h5-11,15H,4,12H2,1-3H3. The van der Waals surface area contributed by atoms with Crippen LogP contribution in [0.3, 0.4) is 0 Å². The smallest absolute Gasteiger partial charge is 0.414 e. The van der Waals surface area contributed by atoms with Gasteiger partial charge in [0.2, 0.25) is 10.0 Å². The van der Waals surface area contributed by atoms with Crippen molar-refractivity contribution in [3.05, 3.63) is 48.3 Å². The Hall–Kier alpha value is -2.45. The molecule has 0 aliphatic carbocycles. The van der Waals surface area contributed by atoms with Crippen molar-refractivity contribution >= 4 is 21.8 Å². The van der Waals surface area contributed by atoms with Crippen LogP contribution in [0, 0.1) is 5.82 Å². The number of anilines is 1. The summed E-state index contributed by atoms with van der Waals surface area (Å²) in [5.74, 6) is -0.497. The second-order valence-electron chi connectivity index (χ2n) is 6.50. The van der Waals surface area contributed by atoms with E-state index in [1.54, 1.807) is 24.3 Å². The molecule has 1 heterocycles. The SMILES string of the molecule is CCC1CN(c2ccc(-c3ccc(S(=O)(=O)N(C)C)cc3)c(F)c2)C(=O)O1. The van der Waals surface area contributed by atoms with E-state index in [4.69, 9.17) is 4.74 Å². The molecule has 6 nitrogen and oxygen atoms in total. The summed E-state index contributed by atoms with van der Waals surface area (Å²) >= 11 is 0. The highest BCUT2D eigenvalue weighted by Gasteiger charge is 2.31. The number of ether oxygens (including phenoxy) is 1. The molecule has 2 aromatic carbocycles. The minimum atomic E-state index is -3.54. The molecule has 1 aliphatic heterocycles. The molecule has 0 aromatic heterocycles. The Morgan fingerprint density at radius 3 is 2.37 bits per heavy atom. The highest BCUT2D eigenvalue weighted by Crippen LogP contribution is 2.30. The van der Waals surface area contributed by atoms with Crippen LogP contribution in [0.15, 0.2) is 47.4 Å². The van der Waals surface area contributed by atoms with Gasteiger partial charge in [-0.05, 0) is 42.3 Å². The van der Waals surface area contributed by atoms with Crippen LogP contribution in [-0.2, 0) is 14.8 Å². The Kier molecular flexibility index (Phi) is 5.21. The van der Waals surface area contributed by atoms with Crippen LogP contribution >= 0.6 is 0 Å².